The molecule has 1 saturated carbocycles. The fourth-order valence-electron chi connectivity index (χ4n) is 4.20. The van der Waals surface area contributed by atoms with Crippen LogP contribution in [0.4, 0.5) is 0 Å². The van der Waals surface area contributed by atoms with Gasteiger partial charge in [-0.05, 0) is 43.0 Å². The third-order valence-electron chi connectivity index (χ3n) is 5.52. The monoisotopic (exact) mass is 331 g/mol. The number of nitrogens with two attached hydrogens (primary N) is 1. The van der Waals surface area contributed by atoms with E-state index in [1.165, 1.54) is 0 Å². The molecule has 2 aliphatic rings. The van der Waals surface area contributed by atoms with Crippen molar-refractivity contribution in [1.82, 2.24) is 9.88 Å². The van der Waals surface area contributed by atoms with Crippen molar-refractivity contribution in [2.24, 2.45) is 11.1 Å². The molecule has 0 radical (unpaired) electrons. The zero-order valence-corrected chi connectivity index (χ0v) is 13.4. The predicted molar refractivity (Wildman–Crippen MR) is 88.0 cm³/mol. The number of hydrogen-bond donors (Lipinski definition) is 2. The molecule has 2 aromatic rings. The molecule has 1 atom stereocenters. The maximum absolute atomic E-state index is 12.2. The number of aromatic amines is 1. The van der Waals surface area contributed by atoms with Crippen molar-refractivity contribution in [3.8, 4) is 0 Å². The largest absolute Gasteiger partial charge is 0.369 e. The molecule has 4 rings (SSSR count). The van der Waals surface area contributed by atoms with Crippen LogP contribution in [0, 0.1) is 5.41 Å². The second-order valence-corrected chi connectivity index (χ2v) is 7.01. The molecule has 0 spiro atoms. The first-order valence-corrected chi connectivity index (χ1v) is 8.25. The fourth-order valence-corrected chi connectivity index (χ4v) is 4.37. The summed E-state index contributed by atoms with van der Waals surface area (Å²) in [6, 6.07) is 5.42. The summed E-state index contributed by atoms with van der Waals surface area (Å²) in [7, 11) is 0. The molecule has 1 unspecified atom stereocenters. The summed E-state index contributed by atoms with van der Waals surface area (Å²) in [6.45, 7) is 0.593. The van der Waals surface area contributed by atoms with Gasteiger partial charge >= 0.3 is 0 Å². The molecule has 2 heterocycles. The van der Waals surface area contributed by atoms with Crippen LogP contribution >= 0.6 is 11.6 Å². The molecule has 5 nitrogen and oxygen atoms in total. The average Bonchev–Trinajstić information content (AvgIpc) is 2.84. The molecule has 120 valence electrons. The second kappa shape index (κ2) is 4.99. The number of benzene rings is 1. The number of nitrogens with zero attached hydrogens (tertiary/aromatic N) is 1. The van der Waals surface area contributed by atoms with Gasteiger partial charge < -0.3 is 15.6 Å². The van der Waals surface area contributed by atoms with E-state index in [0.717, 1.165) is 54.3 Å². The van der Waals surface area contributed by atoms with E-state index in [4.69, 9.17) is 17.3 Å². The van der Waals surface area contributed by atoms with Gasteiger partial charge in [-0.15, -0.1) is 0 Å². The number of carbonyl (C=O) groups is 2. The maximum Gasteiger partial charge on any atom is 0.226 e. The summed E-state index contributed by atoms with van der Waals surface area (Å²) in [5.74, 6) is -0.315. The van der Waals surface area contributed by atoms with E-state index in [0.29, 0.717) is 11.6 Å². The molecule has 1 fully saturated rings. The van der Waals surface area contributed by atoms with Gasteiger partial charge in [0, 0.05) is 28.2 Å². The summed E-state index contributed by atoms with van der Waals surface area (Å²) < 4.78 is 0. The Labute approximate surface area is 138 Å². The molecule has 0 bridgehead atoms. The minimum Gasteiger partial charge on any atom is -0.369 e. The highest BCUT2D eigenvalue weighted by molar-refractivity contribution is 6.31. The number of nitrogens with one attached hydrogen (secondary N) is 1. The molecule has 6 heteroatoms. The SMILES string of the molecule is NC(=O)C1(C2c3[nH]c4ccc(Cl)cc4c3CCN2C=O)CCC1. The standard InChI is InChI=1S/C17H18ClN3O2/c18-10-2-3-13-12(8-10)11-4-7-21(9-22)15(14(11)20-13)17(16(19)23)5-1-6-17/h2-3,8-9,15,20H,1,4-7H2,(H2,19,23). The number of H-pyrrole nitrogens is 1. The topological polar surface area (TPSA) is 79.2 Å². The van der Waals surface area contributed by atoms with Gasteiger partial charge in [0.25, 0.3) is 0 Å². The number of amides is 2. The van der Waals surface area contributed by atoms with Crippen molar-refractivity contribution in [3.05, 3.63) is 34.5 Å². The number of rotatable bonds is 3. The van der Waals surface area contributed by atoms with Gasteiger partial charge in [-0.2, -0.15) is 0 Å². The van der Waals surface area contributed by atoms with Crippen LogP contribution in [0.2, 0.25) is 5.02 Å². The average molecular weight is 332 g/mol. The van der Waals surface area contributed by atoms with Gasteiger partial charge in [0.2, 0.25) is 12.3 Å². The zero-order valence-electron chi connectivity index (χ0n) is 12.6. The van der Waals surface area contributed by atoms with Gasteiger partial charge in [0.05, 0.1) is 11.5 Å². The summed E-state index contributed by atoms with van der Waals surface area (Å²) in [5.41, 5.74) is 8.16. The Kier molecular flexibility index (Phi) is 3.17. The van der Waals surface area contributed by atoms with Crippen LogP contribution in [0.25, 0.3) is 10.9 Å². The Hall–Kier alpha value is -2.01. The van der Waals surface area contributed by atoms with Crippen LogP contribution in [0.3, 0.4) is 0 Å². The first-order chi connectivity index (χ1) is 11.1. The van der Waals surface area contributed by atoms with Crippen LogP contribution in [0.15, 0.2) is 18.2 Å². The van der Waals surface area contributed by atoms with E-state index in [2.05, 4.69) is 4.98 Å². The van der Waals surface area contributed by atoms with E-state index >= 15 is 0 Å². The number of hydrogen-bond acceptors (Lipinski definition) is 2. The number of halogens is 1. The minimum atomic E-state index is -0.652. The van der Waals surface area contributed by atoms with E-state index in [1.54, 1.807) is 4.90 Å². The van der Waals surface area contributed by atoms with Crippen LogP contribution < -0.4 is 5.73 Å². The van der Waals surface area contributed by atoms with Crippen molar-refractivity contribution in [1.29, 1.82) is 0 Å². The minimum absolute atomic E-state index is 0.304. The van der Waals surface area contributed by atoms with E-state index in [9.17, 15) is 9.59 Å². The molecular weight excluding hydrogens is 314 g/mol. The highest BCUT2D eigenvalue weighted by Gasteiger charge is 2.54. The van der Waals surface area contributed by atoms with Gasteiger partial charge in [-0.3, -0.25) is 9.59 Å². The highest BCUT2D eigenvalue weighted by atomic mass is 35.5. The predicted octanol–water partition coefficient (Wildman–Crippen LogP) is 2.53. The number of fused-ring (bicyclic) bond motifs is 3. The molecule has 23 heavy (non-hydrogen) atoms. The maximum atomic E-state index is 12.2. The summed E-state index contributed by atoms with van der Waals surface area (Å²) in [6.07, 6.45) is 4.02. The van der Waals surface area contributed by atoms with E-state index in [1.807, 2.05) is 18.2 Å². The van der Waals surface area contributed by atoms with Crippen LogP contribution in [-0.2, 0) is 16.0 Å². The second-order valence-electron chi connectivity index (χ2n) is 6.58. The van der Waals surface area contributed by atoms with Crippen molar-refractivity contribution < 1.29 is 9.59 Å². The van der Waals surface area contributed by atoms with Gasteiger partial charge in [0.15, 0.2) is 0 Å². The third-order valence-corrected chi connectivity index (χ3v) is 5.76. The van der Waals surface area contributed by atoms with Crippen molar-refractivity contribution in [2.45, 2.75) is 31.7 Å². The normalized spacial score (nSPS) is 22.5. The molecule has 1 aliphatic heterocycles. The van der Waals surface area contributed by atoms with Crippen LogP contribution in [0.1, 0.15) is 36.6 Å². The molecular formula is C17H18ClN3O2. The lowest BCUT2D eigenvalue weighted by atomic mass is 9.61. The molecule has 3 N–H and O–H groups in total. The summed E-state index contributed by atoms with van der Waals surface area (Å²) in [4.78, 5) is 28.9. The smallest absolute Gasteiger partial charge is 0.226 e. The quantitative estimate of drug-likeness (QED) is 0.848. The van der Waals surface area contributed by atoms with Crippen molar-refractivity contribution in [3.63, 3.8) is 0 Å². The number of carbonyl (C=O) groups excluding carboxylic acids is 2. The summed E-state index contributed by atoms with van der Waals surface area (Å²) in [5, 5.41) is 1.75. The first-order valence-electron chi connectivity index (χ1n) is 7.88. The third kappa shape index (κ3) is 1.92. The zero-order chi connectivity index (χ0) is 16.2. The summed E-state index contributed by atoms with van der Waals surface area (Å²) >= 11 is 6.13. The number of primary amides is 1. The van der Waals surface area contributed by atoms with Gasteiger partial charge in [-0.25, -0.2) is 0 Å². The van der Waals surface area contributed by atoms with E-state index < -0.39 is 5.41 Å². The molecule has 1 aliphatic carbocycles. The lowest BCUT2D eigenvalue weighted by molar-refractivity contribution is -0.143. The van der Waals surface area contributed by atoms with Crippen molar-refractivity contribution >= 4 is 34.8 Å². The Morgan fingerprint density at radius 2 is 2.22 bits per heavy atom. The molecule has 1 aromatic heterocycles. The fraction of sp³-hybridized carbons (Fsp3) is 0.412. The Morgan fingerprint density at radius 3 is 2.83 bits per heavy atom. The first kappa shape index (κ1) is 14.6. The molecule has 0 saturated heterocycles. The molecule has 2 amide bonds. The van der Waals surface area contributed by atoms with Crippen molar-refractivity contribution in [2.75, 3.05) is 6.54 Å². The highest BCUT2D eigenvalue weighted by Crippen LogP contribution is 2.54. The Bertz CT molecular complexity index is 810. The van der Waals surface area contributed by atoms with Gasteiger partial charge in [0.1, 0.15) is 0 Å². The van der Waals surface area contributed by atoms with Gasteiger partial charge in [-0.1, -0.05) is 18.0 Å². The Balaban J connectivity index is 1.93. The molecule has 1 aromatic carbocycles. The lowest BCUT2D eigenvalue weighted by Crippen LogP contribution is -2.54. The number of aromatic nitrogens is 1. The lowest BCUT2D eigenvalue weighted by Gasteiger charge is -2.50. The van der Waals surface area contributed by atoms with Crippen LogP contribution in [0.5, 0.6) is 0 Å². The van der Waals surface area contributed by atoms with E-state index in [-0.39, 0.29) is 11.9 Å². The Morgan fingerprint density at radius 1 is 1.43 bits per heavy atom. The van der Waals surface area contributed by atoms with Crippen LogP contribution in [-0.4, -0.2) is 28.7 Å².